The van der Waals surface area contributed by atoms with E-state index in [1.807, 2.05) is 0 Å². The summed E-state index contributed by atoms with van der Waals surface area (Å²) < 4.78 is 37.2. The van der Waals surface area contributed by atoms with Crippen LogP contribution in [0.2, 0.25) is 5.02 Å². The number of imide groups is 1. The molecule has 5 N–H and O–H groups in total. The molecule has 1 saturated heterocycles. The fourth-order valence-electron chi connectivity index (χ4n) is 8.06. The molecule has 0 saturated carbocycles. The Bertz CT molecular complexity index is 2980. The summed E-state index contributed by atoms with van der Waals surface area (Å²) in [5, 5.41) is 22.7. The highest BCUT2D eigenvalue weighted by molar-refractivity contribution is 6.31. The third-order valence-corrected chi connectivity index (χ3v) is 11.6. The van der Waals surface area contributed by atoms with Gasteiger partial charge in [0, 0.05) is 75.5 Å². The predicted octanol–water partition coefficient (Wildman–Crippen LogP) is 4.70. The van der Waals surface area contributed by atoms with E-state index in [4.69, 9.17) is 21.3 Å². The Labute approximate surface area is 391 Å². The molecule has 5 heterocycles. The van der Waals surface area contributed by atoms with E-state index in [0.29, 0.717) is 87.5 Å². The summed E-state index contributed by atoms with van der Waals surface area (Å²) in [5.74, 6) is -3.06. The molecule has 3 aliphatic rings. The van der Waals surface area contributed by atoms with Crippen molar-refractivity contribution < 1.29 is 37.5 Å². The number of aromatic nitrogens is 5. The molecule has 0 radical (unpaired) electrons. The average Bonchev–Trinajstić information content (AvgIpc) is 3.89. The number of rotatable bonds is 16. The maximum atomic E-state index is 14.9. The fraction of sp³-hybridized carbons (Fsp3) is 0.234. The molecule has 18 nitrogen and oxygen atoms in total. The van der Waals surface area contributed by atoms with Crippen molar-refractivity contribution in [3.05, 3.63) is 147 Å². The van der Waals surface area contributed by atoms with Gasteiger partial charge in [-0.15, -0.1) is 5.10 Å². The van der Waals surface area contributed by atoms with Crippen LogP contribution in [0.3, 0.4) is 0 Å². The normalized spacial score (nSPS) is 15.2. The Kier molecular flexibility index (Phi) is 13.3. The first kappa shape index (κ1) is 45.4. The van der Waals surface area contributed by atoms with Crippen LogP contribution in [0.1, 0.15) is 61.5 Å². The quantitative estimate of drug-likeness (QED) is 0.0658. The van der Waals surface area contributed by atoms with Gasteiger partial charge in [-0.25, -0.2) is 23.4 Å². The molecular weight excluding hydrogens is 902 g/mol. The number of hydrogen-bond donors (Lipinski definition) is 5. The minimum atomic E-state index is -0.751. The molecular formula is C47H41ClF2N12O6. The number of fused-ring (bicyclic) bond motifs is 4. The SMILES string of the molecule is O=C1CCC(N2Cc3c(NC(=O)CNCCOCCn4cc(CNC(=O)c5ccc(Nc6ncc7c(n6)-c6ccc(Cl)cc6C(c6c(F)cccc6F)=NC7)cc5)nn4)cccc3C2=O)C(=O)N1. The Morgan fingerprint density at radius 2 is 1.75 bits per heavy atom. The molecule has 0 bridgehead atoms. The Morgan fingerprint density at radius 3 is 2.56 bits per heavy atom. The van der Waals surface area contributed by atoms with Crippen molar-refractivity contribution in [1.82, 2.24) is 45.8 Å². The molecule has 68 heavy (non-hydrogen) atoms. The van der Waals surface area contributed by atoms with E-state index in [9.17, 15) is 32.8 Å². The second kappa shape index (κ2) is 20.0. The molecule has 346 valence electrons. The molecule has 0 spiro atoms. The average molecular weight is 943 g/mol. The lowest BCUT2D eigenvalue weighted by molar-refractivity contribution is -0.137. The Hall–Kier alpha value is -7.81. The summed E-state index contributed by atoms with van der Waals surface area (Å²) >= 11 is 6.35. The molecule has 3 aliphatic heterocycles. The second-order valence-corrected chi connectivity index (χ2v) is 16.4. The number of amides is 5. The lowest BCUT2D eigenvalue weighted by Gasteiger charge is -2.29. The number of anilines is 3. The Balaban J connectivity index is 0.695. The number of ether oxygens (including phenoxy) is 1. The van der Waals surface area contributed by atoms with Gasteiger partial charge in [0.1, 0.15) is 23.4 Å². The van der Waals surface area contributed by atoms with Gasteiger partial charge in [0.2, 0.25) is 23.7 Å². The van der Waals surface area contributed by atoms with E-state index in [1.54, 1.807) is 77.7 Å². The molecule has 1 fully saturated rings. The van der Waals surface area contributed by atoms with E-state index in [2.05, 4.69) is 46.9 Å². The van der Waals surface area contributed by atoms with Crippen molar-refractivity contribution in [2.45, 2.75) is 45.1 Å². The molecule has 6 aromatic rings. The number of hydrogen-bond acceptors (Lipinski definition) is 13. The lowest BCUT2D eigenvalue weighted by atomic mass is 9.95. The van der Waals surface area contributed by atoms with Crippen LogP contribution in [-0.4, -0.2) is 97.5 Å². The number of halogens is 3. The molecule has 5 amide bonds. The lowest BCUT2D eigenvalue weighted by Crippen LogP contribution is -2.52. The van der Waals surface area contributed by atoms with Crippen molar-refractivity contribution in [1.29, 1.82) is 0 Å². The molecule has 0 aliphatic carbocycles. The van der Waals surface area contributed by atoms with Crippen LogP contribution in [0.5, 0.6) is 0 Å². The zero-order chi connectivity index (χ0) is 47.3. The summed E-state index contributed by atoms with van der Waals surface area (Å²) in [6.07, 6.45) is 3.71. The van der Waals surface area contributed by atoms with Crippen LogP contribution < -0.4 is 26.6 Å². The fourth-order valence-corrected chi connectivity index (χ4v) is 8.23. The van der Waals surface area contributed by atoms with Gasteiger partial charge in [-0.2, -0.15) is 0 Å². The van der Waals surface area contributed by atoms with Gasteiger partial charge < -0.3 is 30.9 Å². The molecule has 1 atom stereocenters. The van der Waals surface area contributed by atoms with Crippen LogP contribution in [-0.2, 0) is 45.3 Å². The third kappa shape index (κ3) is 9.97. The number of aliphatic imine (C=N–C) groups is 1. The number of nitrogens with one attached hydrogen (secondary N) is 5. The first-order chi connectivity index (χ1) is 33.0. The number of nitrogens with zero attached hydrogens (tertiary/aromatic N) is 7. The summed E-state index contributed by atoms with van der Waals surface area (Å²) in [6, 6.07) is 19.7. The van der Waals surface area contributed by atoms with Crippen molar-refractivity contribution in [2.75, 3.05) is 36.9 Å². The zero-order valence-corrected chi connectivity index (χ0v) is 36.8. The van der Waals surface area contributed by atoms with Gasteiger partial charge in [-0.05, 0) is 67.1 Å². The topological polar surface area (TPSA) is 227 Å². The number of carbonyl (C=O) groups excluding carboxylic acids is 5. The molecule has 2 aromatic heterocycles. The monoisotopic (exact) mass is 942 g/mol. The summed E-state index contributed by atoms with van der Waals surface area (Å²) in [4.78, 5) is 78.0. The highest BCUT2D eigenvalue weighted by Crippen LogP contribution is 2.35. The Morgan fingerprint density at radius 1 is 0.941 bits per heavy atom. The second-order valence-electron chi connectivity index (χ2n) is 15.9. The smallest absolute Gasteiger partial charge is 0.255 e. The van der Waals surface area contributed by atoms with Crippen LogP contribution in [0.25, 0.3) is 11.3 Å². The summed E-state index contributed by atoms with van der Waals surface area (Å²) in [7, 11) is 0. The standard InChI is InChI=1S/C47H41ClF2N12O6/c48-28-9-12-31-33(19-28)43(41-35(49)4-2-5-36(41)50)52-20-27-21-54-47(58-42(27)31)55-29-10-7-26(8-11-29)44(65)53-22-30-24-61(60-59-30)16-18-68-17-15-51-23-40(64)56-37-6-1-3-32-34(37)25-62(46(32)67)38-13-14-39(63)57-45(38)66/h1-12,19,21,24,38,51H,13-18,20,22-23,25H2,(H,53,65)(H,56,64)(H,54,55,58)(H,57,63,66). The minimum absolute atomic E-state index is 0.00207. The van der Waals surface area contributed by atoms with E-state index >= 15 is 0 Å². The largest absolute Gasteiger partial charge is 0.378 e. The van der Waals surface area contributed by atoms with Crippen molar-refractivity contribution in [2.24, 2.45) is 4.99 Å². The van der Waals surface area contributed by atoms with Crippen molar-refractivity contribution in [3.8, 4) is 11.3 Å². The van der Waals surface area contributed by atoms with Gasteiger partial charge >= 0.3 is 0 Å². The van der Waals surface area contributed by atoms with Crippen molar-refractivity contribution >= 4 is 64.2 Å². The summed E-state index contributed by atoms with van der Waals surface area (Å²) in [6.45, 7) is 1.79. The van der Waals surface area contributed by atoms with Crippen LogP contribution in [0, 0.1) is 11.6 Å². The van der Waals surface area contributed by atoms with Crippen molar-refractivity contribution in [3.63, 3.8) is 0 Å². The molecule has 1 unspecified atom stereocenters. The summed E-state index contributed by atoms with van der Waals surface area (Å²) in [5.41, 5.74) is 5.11. The first-order valence-electron chi connectivity index (χ1n) is 21.5. The maximum absolute atomic E-state index is 14.9. The maximum Gasteiger partial charge on any atom is 0.255 e. The van der Waals surface area contributed by atoms with Gasteiger partial charge in [-0.1, -0.05) is 35.0 Å². The van der Waals surface area contributed by atoms with Gasteiger partial charge in [0.25, 0.3) is 11.8 Å². The number of carbonyl (C=O) groups is 5. The molecule has 4 aromatic carbocycles. The van der Waals surface area contributed by atoms with E-state index < -0.39 is 23.6 Å². The minimum Gasteiger partial charge on any atom is -0.378 e. The molecule has 9 rings (SSSR count). The van der Waals surface area contributed by atoms with E-state index in [-0.39, 0.29) is 79.9 Å². The van der Waals surface area contributed by atoms with Crippen LogP contribution in [0.4, 0.5) is 26.1 Å². The van der Waals surface area contributed by atoms with Gasteiger partial charge in [-0.3, -0.25) is 34.3 Å². The van der Waals surface area contributed by atoms with Gasteiger partial charge in [0.05, 0.1) is 62.6 Å². The number of piperidine rings is 1. The number of benzene rings is 4. The highest BCUT2D eigenvalue weighted by atomic mass is 35.5. The van der Waals surface area contributed by atoms with Crippen LogP contribution in [0.15, 0.2) is 96.2 Å². The molecule has 21 heteroatoms. The predicted molar refractivity (Wildman–Crippen MR) is 244 cm³/mol. The first-order valence-corrected chi connectivity index (χ1v) is 21.9. The van der Waals surface area contributed by atoms with E-state index in [1.165, 1.54) is 23.1 Å². The van der Waals surface area contributed by atoms with Gasteiger partial charge in [0.15, 0.2) is 0 Å². The highest BCUT2D eigenvalue weighted by Gasteiger charge is 2.40. The zero-order valence-electron chi connectivity index (χ0n) is 36.0. The third-order valence-electron chi connectivity index (χ3n) is 11.4. The van der Waals surface area contributed by atoms with Crippen LogP contribution >= 0.6 is 11.6 Å². The van der Waals surface area contributed by atoms with E-state index in [0.717, 1.165) is 0 Å².